The number of azo groups is 1. The molecule has 0 aliphatic carbocycles. The Balaban J connectivity index is 1.74. The first kappa shape index (κ1) is 18.2. The van der Waals surface area contributed by atoms with Gasteiger partial charge in [0.25, 0.3) is 0 Å². The maximum Gasteiger partial charge on any atom is 0.303 e. The normalized spacial score (nSPS) is 11.0. The van der Waals surface area contributed by atoms with Crippen LogP contribution in [0.15, 0.2) is 77.0 Å². The van der Waals surface area contributed by atoms with Gasteiger partial charge < -0.3 is 5.11 Å². The lowest BCUT2D eigenvalue weighted by Crippen LogP contribution is -2.22. The second-order valence-corrected chi connectivity index (χ2v) is 5.91. The van der Waals surface area contributed by atoms with Gasteiger partial charge in [0.1, 0.15) is 5.49 Å². The molecule has 7 nitrogen and oxygen atoms in total. The fourth-order valence-corrected chi connectivity index (χ4v) is 2.47. The smallest absolute Gasteiger partial charge is 0.303 e. The molecule has 0 spiro atoms. The summed E-state index contributed by atoms with van der Waals surface area (Å²) in [6.07, 6.45) is 0.487. The summed E-state index contributed by atoms with van der Waals surface area (Å²) in [6, 6.07) is 20.4. The molecule has 0 unspecified atom stereocenters. The van der Waals surface area contributed by atoms with E-state index >= 15 is 0 Å². The third kappa shape index (κ3) is 5.18. The zero-order valence-electron chi connectivity index (χ0n) is 14.6. The van der Waals surface area contributed by atoms with Gasteiger partial charge >= 0.3 is 5.97 Å². The summed E-state index contributed by atoms with van der Waals surface area (Å²) in [5.74, 6) is -0.849. The summed E-state index contributed by atoms with van der Waals surface area (Å²) in [6.45, 7) is 0.391. The Hall–Kier alpha value is -3.61. The first-order valence-electron chi connectivity index (χ1n) is 8.53. The van der Waals surface area contributed by atoms with E-state index in [0.29, 0.717) is 18.7 Å². The molecule has 7 heteroatoms. The third-order valence-corrected chi connectivity index (χ3v) is 3.87. The van der Waals surface area contributed by atoms with Crippen LogP contribution in [-0.4, -0.2) is 20.9 Å². The molecule has 0 amide bonds. The first-order valence-corrected chi connectivity index (χ1v) is 8.53. The number of hydrogen-bond acceptors (Lipinski definition) is 5. The average molecular weight is 361 g/mol. The van der Waals surface area contributed by atoms with Gasteiger partial charge in [0, 0.05) is 18.5 Å². The maximum atomic E-state index is 10.6. The number of carboxylic acids is 1. The Morgan fingerprint density at radius 2 is 1.63 bits per heavy atom. The number of benzene rings is 2. The largest absolute Gasteiger partial charge is 0.481 e. The van der Waals surface area contributed by atoms with Gasteiger partial charge in [0.15, 0.2) is 0 Å². The van der Waals surface area contributed by atoms with E-state index < -0.39 is 5.97 Å². The lowest BCUT2D eigenvalue weighted by Gasteiger charge is -2.08. The molecule has 0 saturated carbocycles. The highest BCUT2D eigenvalue weighted by Crippen LogP contribution is 2.22. The van der Waals surface area contributed by atoms with Gasteiger partial charge in [-0.05, 0) is 42.8 Å². The van der Waals surface area contributed by atoms with Crippen molar-refractivity contribution in [2.45, 2.75) is 19.4 Å². The van der Waals surface area contributed by atoms with Crippen molar-refractivity contribution in [3.05, 3.63) is 72.2 Å². The van der Waals surface area contributed by atoms with Gasteiger partial charge in [0.2, 0.25) is 0 Å². The van der Waals surface area contributed by atoms with Gasteiger partial charge in [-0.3, -0.25) is 10.2 Å². The predicted octanol–water partition coefficient (Wildman–Crippen LogP) is 4.31. The van der Waals surface area contributed by atoms with Crippen LogP contribution in [0.25, 0.3) is 11.3 Å². The third-order valence-electron chi connectivity index (χ3n) is 3.87. The minimum atomic E-state index is -0.849. The minimum absolute atomic E-state index is 0.0550. The number of carbonyl (C=O) groups is 1. The lowest BCUT2D eigenvalue weighted by molar-refractivity contribution is -0.137. The molecule has 1 aromatic heterocycles. The van der Waals surface area contributed by atoms with E-state index in [1.807, 2.05) is 54.6 Å². The van der Waals surface area contributed by atoms with Crippen molar-refractivity contribution in [3.63, 3.8) is 0 Å². The Kier molecular flexibility index (Phi) is 5.84. The molecular formula is C20H19N5O2. The Bertz CT molecular complexity index is 995. The first-order chi connectivity index (χ1) is 13.1. The Morgan fingerprint density at radius 3 is 2.30 bits per heavy atom. The molecule has 0 aliphatic rings. The van der Waals surface area contributed by atoms with Crippen LogP contribution in [0.5, 0.6) is 0 Å². The van der Waals surface area contributed by atoms with Crippen molar-refractivity contribution in [3.8, 4) is 11.3 Å². The monoisotopic (exact) mass is 361 g/mol. The van der Waals surface area contributed by atoms with Crippen molar-refractivity contribution in [2.24, 2.45) is 10.2 Å². The summed E-state index contributed by atoms with van der Waals surface area (Å²) >= 11 is 0. The highest BCUT2D eigenvalue weighted by atomic mass is 16.4. The Morgan fingerprint density at radius 1 is 0.963 bits per heavy atom. The molecule has 0 bridgehead atoms. The molecule has 136 valence electrons. The summed E-state index contributed by atoms with van der Waals surface area (Å²) in [7, 11) is 0. The molecule has 2 N–H and O–H groups in total. The molecule has 3 aromatic rings. The van der Waals surface area contributed by atoms with Crippen molar-refractivity contribution in [1.29, 1.82) is 5.41 Å². The minimum Gasteiger partial charge on any atom is -0.481 e. The van der Waals surface area contributed by atoms with Crippen molar-refractivity contribution >= 4 is 17.3 Å². The van der Waals surface area contributed by atoms with E-state index in [1.54, 1.807) is 12.1 Å². The Labute approximate surface area is 156 Å². The fourth-order valence-electron chi connectivity index (χ4n) is 2.47. The molecule has 0 fully saturated rings. The molecule has 3 rings (SSSR count). The van der Waals surface area contributed by atoms with Crippen LogP contribution in [0, 0.1) is 5.41 Å². The van der Waals surface area contributed by atoms with Gasteiger partial charge in [-0.15, -0.1) is 0 Å². The molecule has 0 radical (unpaired) electrons. The maximum absolute atomic E-state index is 10.6. The summed E-state index contributed by atoms with van der Waals surface area (Å²) in [5.41, 5.74) is 3.37. The number of rotatable bonds is 7. The fraction of sp³-hybridized carbons (Fsp3) is 0.150. The van der Waals surface area contributed by atoms with Gasteiger partial charge in [-0.25, -0.2) is 4.68 Å². The number of nitrogens with zero attached hydrogens (tertiary/aromatic N) is 4. The van der Waals surface area contributed by atoms with Crippen LogP contribution in [-0.2, 0) is 11.3 Å². The quantitative estimate of drug-likeness (QED) is 0.613. The zero-order valence-corrected chi connectivity index (χ0v) is 14.6. The van der Waals surface area contributed by atoms with E-state index in [2.05, 4.69) is 15.3 Å². The second kappa shape index (κ2) is 8.66. The van der Waals surface area contributed by atoms with Crippen molar-refractivity contribution in [1.82, 2.24) is 9.78 Å². The zero-order chi connectivity index (χ0) is 19.1. The van der Waals surface area contributed by atoms with Crippen molar-refractivity contribution in [2.75, 3.05) is 0 Å². The summed E-state index contributed by atoms with van der Waals surface area (Å²) in [4.78, 5) is 10.6. The standard InChI is InChI=1S/C20H19N5O2/c21-19-13-12-18(24-25(19)14-4-7-20(26)27)15-8-10-17(11-9-15)23-22-16-5-2-1-3-6-16/h1-3,5-6,8-13,21H,4,7,14H2,(H,26,27). The second-order valence-electron chi connectivity index (χ2n) is 5.91. The van der Waals surface area contributed by atoms with Gasteiger partial charge in [-0.1, -0.05) is 30.3 Å². The van der Waals surface area contributed by atoms with Crippen LogP contribution in [0.3, 0.4) is 0 Å². The number of nitrogens with one attached hydrogen (secondary N) is 1. The van der Waals surface area contributed by atoms with Gasteiger partial charge in [-0.2, -0.15) is 15.3 Å². The van der Waals surface area contributed by atoms with Crippen LogP contribution >= 0.6 is 0 Å². The molecule has 0 aliphatic heterocycles. The van der Waals surface area contributed by atoms with E-state index in [-0.39, 0.29) is 11.9 Å². The molecule has 2 aromatic carbocycles. The van der Waals surface area contributed by atoms with Crippen molar-refractivity contribution < 1.29 is 9.90 Å². The molecular weight excluding hydrogens is 342 g/mol. The summed E-state index contributed by atoms with van der Waals surface area (Å²) < 4.78 is 1.52. The van der Waals surface area contributed by atoms with E-state index in [4.69, 9.17) is 10.5 Å². The number of aromatic nitrogens is 2. The number of aliphatic carboxylic acids is 1. The van der Waals surface area contributed by atoms with Crippen LogP contribution in [0.1, 0.15) is 12.8 Å². The highest BCUT2D eigenvalue weighted by molar-refractivity contribution is 5.66. The number of aryl methyl sites for hydroxylation is 1. The van der Waals surface area contributed by atoms with E-state index in [9.17, 15) is 4.79 Å². The lowest BCUT2D eigenvalue weighted by atomic mass is 10.1. The SMILES string of the molecule is N=c1ccc(-c2ccc(N=Nc3ccccc3)cc2)nn1CCCC(=O)O. The molecule has 27 heavy (non-hydrogen) atoms. The highest BCUT2D eigenvalue weighted by Gasteiger charge is 2.04. The molecule has 0 atom stereocenters. The number of carboxylic acid groups (broad SMARTS) is 1. The topological polar surface area (TPSA) is 104 Å². The molecule has 1 heterocycles. The van der Waals surface area contributed by atoms with Crippen LogP contribution < -0.4 is 5.49 Å². The van der Waals surface area contributed by atoms with E-state index in [0.717, 1.165) is 16.9 Å². The predicted molar refractivity (Wildman–Crippen MR) is 101 cm³/mol. The van der Waals surface area contributed by atoms with Crippen LogP contribution in [0.4, 0.5) is 11.4 Å². The van der Waals surface area contributed by atoms with Gasteiger partial charge in [0.05, 0.1) is 17.1 Å². The van der Waals surface area contributed by atoms with Crippen LogP contribution in [0.2, 0.25) is 0 Å². The summed E-state index contributed by atoms with van der Waals surface area (Å²) in [5, 5.41) is 29.5. The number of hydrogen-bond donors (Lipinski definition) is 2. The average Bonchev–Trinajstić information content (AvgIpc) is 2.69. The molecule has 0 saturated heterocycles. The van der Waals surface area contributed by atoms with E-state index in [1.165, 1.54) is 4.68 Å².